The maximum absolute atomic E-state index is 6.31. The van der Waals surface area contributed by atoms with Crippen LogP contribution in [0.4, 0.5) is 0 Å². The highest BCUT2D eigenvalue weighted by Gasteiger charge is 2.41. The maximum atomic E-state index is 6.31. The van der Waals surface area contributed by atoms with Crippen LogP contribution in [0.3, 0.4) is 0 Å². The van der Waals surface area contributed by atoms with Crippen molar-refractivity contribution in [3.63, 3.8) is 0 Å². The molecule has 2 aliphatic rings. The van der Waals surface area contributed by atoms with Gasteiger partial charge in [0.15, 0.2) is 0 Å². The molecule has 1 aromatic heterocycles. The van der Waals surface area contributed by atoms with Gasteiger partial charge >= 0.3 is 0 Å². The van der Waals surface area contributed by atoms with Crippen molar-refractivity contribution in [2.24, 2.45) is 5.10 Å². The van der Waals surface area contributed by atoms with Crippen molar-refractivity contribution in [1.29, 1.82) is 0 Å². The normalized spacial score (nSPS) is 21.0. The Morgan fingerprint density at radius 3 is 2.73 bits per heavy atom. The summed E-state index contributed by atoms with van der Waals surface area (Å²) in [7, 11) is 0. The SMILES string of the molecule is Clc1ccc2c(c1)[C@@H]1CC(c3ccco3)=NN1[C@@H](c1ccc(Br)cc1)O2. The Labute approximate surface area is 164 Å². The number of halogens is 2. The van der Waals surface area contributed by atoms with E-state index >= 15 is 0 Å². The summed E-state index contributed by atoms with van der Waals surface area (Å²) in [4.78, 5) is 0. The third kappa shape index (κ3) is 2.63. The molecule has 0 spiro atoms. The molecule has 0 N–H and O–H groups in total. The largest absolute Gasteiger partial charge is 0.464 e. The molecular weight excluding hydrogens is 416 g/mol. The van der Waals surface area contributed by atoms with E-state index in [0.29, 0.717) is 5.02 Å². The van der Waals surface area contributed by atoms with Crippen LogP contribution in [0.5, 0.6) is 5.75 Å². The lowest BCUT2D eigenvalue weighted by molar-refractivity contribution is -0.0190. The summed E-state index contributed by atoms with van der Waals surface area (Å²) in [5.41, 5.74) is 3.01. The number of benzene rings is 2. The second-order valence-corrected chi connectivity index (χ2v) is 7.68. The van der Waals surface area contributed by atoms with Crippen molar-refractivity contribution in [2.45, 2.75) is 18.7 Å². The van der Waals surface area contributed by atoms with E-state index in [1.807, 2.05) is 59.6 Å². The summed E-state index contributed by atoms with van der Waals surface area (Å²) in [6.07, 6.45) is 2.12. The summed E-state index contributed by atoms with van der Waals surface area (Å²) in [6, 6.07) is 17.8. The molecule has 2 aliphatic heterocycles. The highest BCUT2D eigenvalue weighted by molar-refractivity contribution is 9.10. The second kappa shape index (κ2) is 6.18. The molecule has 3 heterocycles. The standard InChI is InChI=1S/C20H14BrClN2O2/c21-13-5-3-12(4-6-13)20-24-17(11-16(23-24)19-2-1-9-25-19)15-10-14(22)7-8-18(15)26-20/h1-10,17,20H,11H2/t17-,20+/m0/s1. The van der Waals surface area contributed by atoms with Gasteiger partial charge in [0.2, 0.25) is 6.23 Å². The lowest BCUT2D eigenvalue weighted by Gasteiger charge is -2.38. The van der Waals surface area contributed by atoms with Gasteiger partial charge in [0.1, 0.15) is 17.2 Å². The molecule has 2 aromatic carbocycles. The van der Waals surface area contributed by atoms with Gasteiger partial charge in [-0.25, -0.2) is 5.01 Å². The number of hydrazone groups is 1. The fourth-order valence-electron chi connectivity index (χ4n) is 3.50. The van der Waals surface area contributed by atoms with Crippen molar-refractivity contribution in [1.82, 2.24) is 5.01 Å². The first-order chi connectivity index (χ1) is 12.7. The first kappa shape index (κ1) is 16.0. The fourth-order valence-corrected chi connectivity index (χ4v) is 3.94. The zero-order valence-corrected chi connectivity index (χ0v) is 15.9. The van der Waals surface area contributed by atoms with E-state index in [0.717, 1.165) is 39.2 Å². The third-order valence-corrected chi connectivity index (χ3v) is 5.48. The molecule has 0 radical (unpaired) electrons. The maximum Gasteiger partial charge on any atom is 0.213 e. The van der Waals surface area contributed by atoms with Gasteiger partial charge in [0, 0.05) is 27.0 Å². The predicted molar refractivity (Wildman–Crippen MR) is 103 cm³/mol. The average Bonchev–Trinajstić information content (AvgIpc) is 3.32. The van der Waals surface area contributed by atoms with E-state index in [1.54, 1.807) is 6.26 Å². The molecule has 0 aliphatic carbocycles. The Balaban J connectivity index is 1.61. The molecule has 0 unspecified atom stereocenters. The molecule has 26 heavy (non-hydrogen) atoms. The predicted octanol–water partition coefficient (Wildman–Crippen LogP) is 5.94. The summed E-state index contributed by atoms with van der Waals surface area (Å²) in [6.45, 7) is 0. The van der Waals surface area contributed by atoms with Crippen LogP contribution in [-0.2, 0) is 0 Å². The van der Waals surface area contributed by atoms with Crippen molar-refractivity contribution in [2.75, 3.05) is 0 Å². The summed E-state index contributed by atoms with van der Waals surface area (Å²) in [5.74, 6) is 1.64. The van der Waals surface area contributed by atoms with Gasteiger partial charge in [-0.1, -0.05) is 39.7 Å². The van der Waals surface area contributed by atoms with E-state index in [9.17, 15) is 0 Å². The molecular formula is C20H14BrClN2O2. The highest BCUT2D eigenvalue weighted by Crippen LogP contribution is 2.48. The van der Waals surface area contributed by atoms with E-state index in [2.05, 4.69) is 15.9 Å². The lowest BCUT2D eigenvalue weighted by atomic mass is 9.97. The summed E-state index contributed by atoms with van der Waals surface area (Å²) >= 11 is 9.72. The van der Waals surface area contributed by atoms with Gasteiger partial charge in [-0.15, -0.1) is 0 Å². The molecule has 2 atom stereocenters. The van der Waals surface area contributed by atoms with E-state index in [1.165, 1.54) is 0 Å². The summed E-state index contributed by atoms with van der Waals surface area (Å²) < 4.78 is 12.9. The van der Waals surface area contributed by atoms with Crippen molar-refractivity contribution in [3.8, 4) is 5.75 Å². The number of hydrogen-bond donors (Lipinski definition) is 0. The minimum absolute atomic E-state index is 0.0613. The quantitative estimate of drug-likeness (QED) is 0.506. The molecule has 0 bridgehead atoms. The Kier molecular flexibility index (Phi) is 3.80. The first-order valence-electron chi connectivity index (χ1n) is 8.30. The van der Waals surface area contributed by atoms with Crippen molar-refractivity contribution in [3.05, 3.63) is 87.2 Å². The van der Waals surface area contributed by atoms with Crippen LogP contribution in [0.15, 0.2) is 74.9 Å². The molecule has 0 saturated heterocycles. The number of ether oxygens (including phenoxy) is 1. The third-order valence-electron chi connectivity index (χ3n) is 4.71. The van der Waals surface area contributed by atoms with E-state index in [4.69, 9.17) is 25.9 Å². The summed E-state index contributed by atoms with van der Waals surface area (Å²) in [5, 5.41) is 7.55. The number of furan rings is 1. The first-order valence-corrected chi connectivity index (χ1v) is 9.47. The van der Waals surface area contributed by atoms with E-state index < -0.39 is 0 Å². The number of fused-ring (bicyclic) bond motifs is 3. The molecule has 0 fully saturated rings. The van der Waals surface area contributed by atoms with Crippen LogP contribution in [0.1, 0.15) is 35.6 Å². The van der Waals surface area contributed by atoms with Crippen LogP contribution in [0, 0.1) is 0 Å². The second-order valence-electron chi connectivity index (χ2n) is 6.33. The number of nitrogens with zero attached hydrogens (tertiary/aromatic N) is 2. The molecule has 0 saturated carbocycles. The average molecular weight is 430 g/mol. The smallest absolute Gasteiger partial charge is 0.213 e. The van der Waals surface area contributed by atoms with Crippen LogP contribution in [-0.4, -0.2) is 10.7 Å². The van der Waals surface area contributed by atoms with Crippen LogP contribution >= 0.6 is 27.5 Å². The van der Waals surface area contributed by atoms with Gasteiger partial charge in [0.25, 0.3) is 0 Å². The zero-order valence-electron chi connectivity index (χ0n) is 13.6. The highest BCUT2D eigenvalue weighted by atomic mass is 79.9. The lowest BCUT2D eigenvalue weighted by Crippen LogP contribution is -2.33. The monoisotopic (exact) mass is 428 g/mol. The Bertz CT molecular complexity index is 986. The minimum Gasteiger partial charge on any atom is -0.464 e. The topological polar surface area (TPSA) is 38.0 Å². The molecule has 4 nitrogen and oxygen atoms in total. The molecule has 0 amide bonds. The Hall–Kier alpha value is -2.24. The van der Waals surface area contributed by atoms with Crippen LogP contribution in [0.2, 0.25) is 5.02 Å². The Morgan fingerprint density at radius 2 is 1.96 bits per heavy atom. The number of hydrogen-bond acceptors (Lipinski definition) is 4. The van der Waals surface area contributed by atoms with Gasteiger partial charge in [-0.05, 0) is 42.5 Å². The zero-order chi connectivity index (χ0) is 17.7. The number of rotatable bonds is 2. The van der Waals surface area contributed by atoms with E-state index in [-0.39, 0.29) is 12.3 Å². The van der Waals surface area contributed by atoms with Gasteiger partial charge in [-0.3, -0.25) is 0 Å². The van der Waals surface area contributed by atoms with Crippen LogP contribution in [0.25, 0.3) is 0 Å². The molecule has 130 valence electrons. The molecule has 6 heteroatoms. The van der Waals surface area contributed by atoms with Gasteiger partial charge in [-0.2, -0.15) is 5.10 Å². The van der Waals surface area contributed by atoms with Gasteiger partial charge in [0.05, 0.1) is 12.3 Å². The van der Waals surface area contributed by atoms with Gasteiger partial charge < -0.3 is 9.15 Å². The molecule has 3 aromatic rings. The fraction of sp³-hybridized carbons (Fsp3) is 0.150. The Morgan fingerprint density at radius 1 is 1.12 bits per heavy atom. The molecule has 5 rings (SSSR count). The van der Waals surface area contributed by atoms with Crippen molar-refractivity contribution >= 4 is 33.2 Å². The van der Waals surface area contributed by atoms with Crippen LogP contribution < -0.4 is 4.74 Å². The minimum atomic E-state index is -0.297. The van der Waals surface area contributed by atoms with Crippen molar-refractivity contribution < 1.29 is 9.15 Å².